The highest BCUT2D eigenvalue weighted by atomic mass is 15.3. The molecule has 0 aliphatic heterocycles. The number of unbranched alkanes of at least 4 members (excludes halogenated alkanes) is 2. The van der Waals surface area contributed by atoms with E-state index in [2.05, 4.69) is 21.1 Å². The van der Waals surface area contributed by atoms with Gasteiger partial charge in [-0.05, 0) is 43.5 Å². The molecular formula is C17H20N4. The first-order valence-corrected chi connectivity index (χ1v) is 7.10. The van der Waals surface area contributed by atoms with Crippen LogP contribution < -0.4 is 10.9 Å². The van der Waals surface area contributed by atoms with Crippen molar-refractivity contribution in [3.63, 3.8) is 0 Å². The van der Waals surface area contributed by atoms with E-state index in [0.717, 1.165) is 30.6 Å². The zero-order valence-electron chi connectivity index (χ0n) is 11.9. The molecule has 0 bridgehead atoms. The average molecular weight is 280 g/mol. The lowest BCUT2D eigenvalue weighted by atomic mass is 10.3. The second kappa shape index (κ2) is 9.31. The van der Waals surface area contributed by atoms with Crippen LogP contribution in [0.5, 0.6) is 0 Å². The molecule has 0 saturated carbocycles. The first-order valence-electron chi connectivity index (χ1n) is 7.10. The van der Waals surface area contributed by atoms with Gasteiger partial charge in [0, 0.05) is 12.4 Å². The molecule has 0 fully saturated rings. The largest absolute Gasteiger partial charge is 0.279 e. The van der Waals surface area contributed by atoms with Gasteiger partial charge in [-0.2, -0.15) is 10.2 Å². The van der Waals surface area contributed by atoms with Gasteiger partial charge in [0.25, 0.3) is 0 Å². The maximum absolute atomic E-state index is 4.17. The summed E-state index contributed by atoms with van der Waals surface area (Å²) in [6, 6.07) is 19.8. The monoisotopic (exact) mass is 280 g/mol. The Bertz CT molecular complexity index is 498. The third-order valence-corrected chi connectivity index (χ3v) is 2.78. The summed E-state index contributed by atoms with van der Waals surface area (Å²) >= 11 is 0. The zero-order chi connectivity index (χ0) is 14.6. The van der Waals surface area contributed by atoms with Crippen LogP contribution in [0.15, 0.2) is 70.9 Å². The zero-order valence-corrected chi connectivity index (χ0v) is 11.9. The molecule has 2 rings (SSSR count). The molecule has 0 spiro atoms. The van der Waals surface area contributed by atoms with Crippen molar-refractivity contribution in [2.45, 2.75) is 19.3 Å². The van der Waals surface area contributed by atoms with Crippen LogP contribution in [0.25, 0.3) is 0 Å². The van der Waals surface area contributed by atoms with Gasteiger partial charge in [-0.15, -0.1) is 0 Å². The van der Waals surface area contributed by atoms with Crippen LogP contribution in [-0.2, 0) is 0 Å². The molecule has 4 heteroatoms. The van der Waals surface area contributed by atoms with Crippen LogP contribution in [0.2, 0.25) is 0 Å². The lowest BCUT2D eigenvalue weighted by molar-refractivity contribution is 0.940. The molecule has 0 aromatic heterocycles. The molecule has 2 aromatic rings. The second-order valence-corrected chi connectivity index (χ2v) is 4.51. The Morgan fingerprint density at radius 1 is 0.667 bits per heavy atom. The summed E-state index contributed by atoms with van der Waals surface area (Å²) in [5.74, 6) is 0. The summed E-state index contributed by atoms with van der Waals surface area (Å²) in [5, 5.41) is 8.34. The van der Waals surface area contributed by atoms with Crippen LogP contribution in [0, 0.1) is 0 Å². The van der Waals surface area contributed by atoms with Crippen LogP contribution in [-0.4, -0.2) is 12.4 Å². The maximum Gasteiger partial charge on any atom is 0.0561 e. The van der Waals surface area contributed by atoms with Crippen molar-refractivity contribution in [1.82, 2.24) is 0 Å². The lowest BCUT2D eigenvalue weighted by Crippen LogP contribution is -1.90. The van der Waals surface area contributed by atoms with Crippen LogP contribution in [0.1, 0.15) is 19.3 Å². The topological polar surface area (TPSA) is 48.8 Å². The molecule has 2 aromatic carbocycles. The standard InChI is InChI=1S/C17H20N4/c1-4-10-16(11-5-1)20-18-14-8-3-9-15-19-21-17-12-6-2-7-13-17/h1-2,4-7,10-15,20-21H,3,8-9H2/b18-14-,19-15+. The van der Waals surface area contributed by atoms with Crippen molar-refractivity contribution in [3.8, 4) is 0 Å². The number of benzene rings is 2. The fourth-order valence-corrected chi connectivity index (χ4v) is 1.70. The molecule has 4 nitrogen and oxygen atoms in total. The smallest absolute Gasteiger partial charge is 0.0561 e. The van der Waals surface area contributed by atoms with Gasteiger partial charge in [0.2, 0.25) is 0 Å². The first-order chi connectivity index (χ1) is 10.4. The predicted molar refractivity (Wildman–Crippen MR) is 91.0 cm³/mol. The number of hydrazone groups is 2. The molecule has 21 heavy (non-hydrogen) atoms. The highest BCUT2D eigenvalue weighted by molar-refractivity contribution is 5.62. The van der Waals surface area contributed by atoms with Crippen molar-refractivity contribution in [1.29, 1.82) is 0 Å². The molecule has 2 N–H and O–H groups in total. The van der Waals surface area contributed by atoms with Crippen LogP contribution in [0.3, 0.4) is 0 Å². The van der Waals surface area contributed by atoms with Gasteiger partial charge in [-0.1, -0.05) is 36.4 Å². The summed E-state index contributed by atoms with van der Waals surface area (Å²) in [7, 11) is 0. The fraction of sp³-hybridized carbons (Fsp3) is 0.176. The number of rotatable bonds is 8. The third kappa shape index (κ3) is 6.38. The van der Waals surface area contributed by atoms with Crippen molar-refractivity contribution in [2.24, 2.45) is 10.2 Å². The van der Waals surface area contributed by atoms with Gasteiger partial charge in [0.05, 0.1) is 11.4 Å². The highest BCUT2D eigenvalue weighted by Gasteiger charge is 1.86. The summed E-state index contributed by atoms with van der Waals surface area (Å²) < 4.78 is 0. The summed E-state index contributed by atoms with van der Waals surface area (Å²) in [5.41, 5.74) is 7.99. The van der Waals surface area contributed by atoms with E-state index in [0.29, 0.717) is 0 Å². The second-order valence-electron chi connectivity index (χ2n) is 4.51. The Balaban J connectivity index is 1.54. The van der Waals surface area contributed by atoms with Crippen molar-refractivity contribution in [3.05, 3.63) is 60.7 Å². The molecule has 0 radical (unpaired) electrons. The van der Waals surface area contributed by atoms with Gasteiger partial charge in [-0.3, -0.25) is 10.9 Å². The van der Waals surface area contributed by atoms with E-state index < -0.39 is 0 Å². The Labute approximate surface area is 125 Å². The Morgan fingerprint density at radius 2 is 1.10 bits per heavy atom. The molecule has 0 aliphatic carbocycles. The van der Waals surface area contributed by atoms with Gasteiger partial charge in [0.15, 0.2) is 0 Å². The first kappa shape index (κ1) is 14.8. The number of anilines is 2. The Morgan fingerprint density at radius 3 is 1.52 bits per heavy atom. The predicted octanol–water partition coefficient (Wildman–Crippen LogP) is 4.35. The van der Waals surface area contributed by atoms with E-state index in [1.54, 1.807) is 0 Å². The number of nitrogens with zero attached hydrogens (tertiary/aromatic N) is 2. The van der Waals surface area contributed by atoms with Gasteiger partial charge in [-0.25, -0.2) is 0 Å². The molecule has 108 valence electrons. The SMILES string of the molecule is C(/CCC/C=N/Nc1ccccc1)=N/Nc1ccccc1. The Hall–Kier alpha value is -2.62. The molecule has 0 saturated heterocycles. The van der Waals surface area contributed by atoms with Gasteiger partial charge < -0.3 is 0 Å². The molecule has 0 amide bonds. The summed E-state index contributed by atoms with van der Waals surface area (Å²) in [6.07, 6.45) is 6.67. The van der Waals surface area contributed by atoms with E-state index in [1.165, 1.54) is 0 Å². The molecule has 0 unspecified atom stereocenters. The van der Waals surface area contributed by atoms with E-state index in [-0.39, 0.29) is 0 Å². The van der Waals surface area contributed by atoms with Crippen molar-refractivity contribution >= 4 is 23.8 Å². The minimum atomic E-state index is 0.928. The Kier molecular flexibility index (Phi) is 6.55. The number of hydrogen-bond acceptors (Lipinski definition) is 4. The van der Waals surface area contributed by atoms with Crippen LogP contribution >= 0.6 is 0 Å². The molecule has 0 heterocycles. The summed E-state index contributed by atoms with van der Waals surface area (Å²) in [4.78, 5) is 0. The minimum absolute atomic E-state index is 0.928. The van der Waals surface area contributed by atoms with Gasteiger partial charge in [0.1, 0.15) is 0 Å². The highest BCUT2D eigenvalue weighted by Crippen LogP contribution is 2.05. The molecule has 0 aliphatic rings. The number of para-hydroxylation sites is 2. The number of hydrogen-bond donors (Lipinski definition) is 2. The lowest BCUT2D eigenvalue weighted by Gasteiger charge is -1.98. The van der Waals surface area contributed by atoms with Crippen LogP contribution in [0.4, 0.5) is 11.4 Å². The van der Waals surface area contributed by atoms with Gasteiger partial charge >= 0.3 is 0 Å². The van der Waals surface area contributed by atoms with E-state index >= 15 is 0 Å². The van der Waals surface area contributed by atoms with Crippen molar-refractivity contribution < 1.29 is 0 Å². The van der Waals surface area contributed by atoms with E-state index in [4.69, 9.17) is 0 Å². The van der Waals surface area contributed by atoms with Crippen molar-refractivity contribution in [2.75, 3.05) is 10.9 Å². The minimum Gasteiger partial charge on any atom is -0.279 e. The molecule has 0 atom stereocenters. The van der Waals surface area contributed by atoms with E-state index in [1.807, 2.05) is 73.1 Å². The average Bonchev–Trinajstić information content (AvgIpc) is 2.55. The fourth-order valence-electron chi connectivity index (χ4n) is 1.70. The maximum atomic E-state index is 4.17. The summed E-state index contributed by atoms with van der Waals surface area (Å²) in [6.45, 7) is 0. The normalized spacial score (nSPS) is 11.0. The molecular weight excluding hydrogens is 260 g/mol. The van der Waals surface area contributed by atoms with E-state index in [9.17, 15) is 0 Å². The quantitative estimate of drug-likeness (QED) is 0.429. The third-order valence-electron chi connectivity index (χ3n) is 2.78. The number of nitrogens with one attached hydrogen (secondary N) is 2.